The second-order valence-corrected chi connectivity index (χ2v) is 5.36. The van der Waals surface area contributed by atoms with Gasteiger partial charge in [0, 0.05) is 24.5 Å². The normalized spacial score (nSPS) is 17.6. The average molecular weight is 267 g/mol. The summed E-state index contributed by atoms with van der Waals surface area (Å²) in [5.74, 6) is 2.94. The number of amidine groups is 1. The van der Waals surface area contributed by atoms with Crippen molar-refractivity contribution in [2.45, 2.75) is 13.3 Å². The molecule has 1 aromatic rings. The molecule has 1 aromatic heterocycles. The molecule has 6 nitrogen and oxygen atoms in total. The van der Waals surface area contributed by atoms with Crippen molar-refractivity contribution < 1.29 is 5.21 Å². The van der Waals surface area contributed by atoms with Crippen LogP contribution in [0.3, 0.4) is 0 Å². The Kier molecular flexibility index (Phi) is 4.24. The lowest BCUT2D eigenvalue weighted by Gasteiger charge is -2.20. The SMILES string of the molecule is Cc1cc(/C(N)=N/O)nc(N2CCCSCC2)n1. The third-order valence-corrected chi connectivity index (χ3v) is 3.77. The average Bonchev–Trinajstić information content (AvgIpc) is 2.66. The van der Waals surface area contributed by atoms with E-state index in [9.17, 15) is 0 Å². The fraction of sp³-hybridized carbons (Fsp3) is 0.545. The molecule has 18 heavy (non-hydrogen) atoms. The van der Waals surface area contributed by atoms with E-state index in [2.05, 4.69) is 20.0 Å². The number of hydrogen-bond donors (Lipinski definition) is 2. The third-order valence-electron chi connectivity index (χ3n) is 2.72. The first kappa shape index (κ1) is 12.9. The molecule has 2 rings (SSSR count). The maximum Gasteiger partial charge on any atom is 0.226 e. The summed E-state index contributed by atoms with van der Waals surface area (Å²) in [7, 11) is 0. The summed E-state index contributed by atoms with van der Waals surface area (Å²) >= 11 is 1.95. The molecule has 0 amide bonds. The van der Waals surface area contributed by atoms with Crippen molar-refractivity contribution in [2.75, 3.05) is 29.5 Å². The van der Waals surface area contributed by atoms with Gasteiger partial charge < -0.3 is 15.8 Å². The molecule has 98 valence electrons. The van der Waals surface area contributed by atoms with E-state index in [-0.39, 0.29) is 5.84 Å². The van der Waals surface area contributed by atoms with Crippen LogP contribution in [0.25, 0.3) is 0 Å². The zero-order valence-electron chi connectivity index (χ0n) is 10.3. The number of nitrogens with two attached hydrogens (primary N) is 1. The summed E-state index contributed by atoms with van der Waals surface area (Å²) in [6.45, 7) is 3.77. The Hall–Kier alpha value is -1.50. The van der Waals surface area contributed by atoms with Crippen molar-refractivity contribution in [3.63, 3.8) is 0 Å². The topological polar surface area (TPSA) is 87.6 Å². The van der Waals surface area contributed by atoms with Crippen LogP contribution in [0.2, 0.25) is 0 Å². The van der Waals surface area contributed by atoms with Gasteiger partial charge >= 0.3 is 0 Å². The van der Waals surface area contributed by atoms with Crippen molar-refractivity contribution in [1.29, 1.82) is 0 Å². The largest absolute Gasteiger partial charge is 0.409 e. The predicted octanol–water partition coefficient (Wildman–Crippen LogP) is 0.823. The monoisotopic (exact) mass is 267 g/mol. The highest BCUT2D eigenvalue weighted by atomic mass is 32.2. The lowest BCUT2D eigenvalue weighted by Crippen LogP contribution is -2.29. The number of nitrogens with zero attached hydrogens (tertiary/aromatic N) is 4. The van der Waals surface area contributed by atoms with Gasteiger partial charge in [0.1, 0.15) is 5.69 Å². The predicted molar refractivity (Wildman–Crippen MR) is 73.4 cm³/mol. The van der Waals surface area contributed by atoms with Crippen molar-refractivity contribution >= 4 is 23.5 Å². The standard InChI is InChI=1S/C11H17N5OS/c1-8-7-9(10(12)15-17)14-11(13-8)16-3-2-5-18-6-4-16/h7,17H,2-6H2,1H3,(H2,12,15). The maximum absolute atomic E-state index is 8.71. The molecular weight excluding hydrogens is 250 g/mol. The minimum absolute atomic E-state index is 0.0194. The highest BCUT2D eigenvalue weighted by Gasteiger charge is 2.14. The zero-order valence-corrected chi connectivity index (χ0v) is 11.2. The number of thioether (sulfide) groups is 1. The lowest BCUT2D eigenvalue weighted by atomic mass is 10.3. The molecule has 0 aromatic carbocycles. The van der Waals surface area contributed by atoms with Gasteiger partial charge in [-0.25, -0.2) is 9.97 Å². The number of rotatable bonds is 2. The van der Waals surface area contributed by atoms with E-state index in [0.29, 0.717) is 11.6 Å². The number of hydrogen-bond acceptors (Lipinski definition) is 6. The van der Waals surface area contributed by atoms with Gasteiger partial charge in [-0.2, -0.15) is 11.8 Å². The Morgan fingerprint density at radius 3 is 3.06 bits per heavy atom. The van der Waals surface area contributed by atoms with Crippen LogP contribution < -0.4 is 10.6 Å². The first-order chi connectivity index (χ1) is 8.70. The van der Waals surface area contributed by atoms with Crippen molar-refractivity contribution in [3.8, 4) is 0 Å². The molecule has 0 unspecified atom stereocenters. The van der Waals surface area contributed by atoms with Crippen LogP contribution >= 0.6 is 11.8 Å². The molecular formula is C11H17N5OS. The number of aryl methyl sites for hydroxylation is 1. The van der Waals surface area contributed by atoms with E-state index >= 15 is 0 Å². The number of oxime groups is 1. The van der Waals surface area contributed by atoms with Gasteiger partial charge in [0.2, 0.25) is 5.95 Å². The summed E-state index contributed by atoms with van der Waals surface area (Å²) in [5.41, 5.74) is 6.87. The zero-order chi connectivity index (χ0) is 13.0. The van der Waals surface area contributed by atoms with Crippen molar-refractivity contribution in [1.82, 2.24) is 9.97 Å². The fourth-order valence-corrected chi connectivity index (χ4v) is 2.71. The van der Waals surface area contributed by atoms with Gasteiger partial charge in [-0.05, 0) is 25.2 Å². The molecule has 0 spiro atoms. The Balaban J connectivity index is 2.29. The van der Waals surface area contributed by atoms with Gasteiger partial charge in [-0.3, -0.25) is 0 Å². The summed E-state index contributed by atoms with van der Waals surface area (Å²) in [4.78, 5) is 10.9. The van der Waals surface area contributed by atoms with Gasteiger partial charge in [0.25, 0.3) is 0 Å². The Labute approximate surface area is 110 Å². The lowest BCUT2D eigenvalue weighted by molar-refractivity contribution is 0.318. The van der Waals surface area contributed by atoms with Gasteiger partial charge in [0.15, 0.2) is 5.84 Å². The number of anilines is 1. The minimum atomic E-state index is 0.0194. The molecule has 7 heteroatoms. The van der Waals surface area contributed by atoms with E-state index < -0.39 is 0 Å². The fourth-order valence-electron chi connectivity index (χ4n) is 1.82. The molecule has 1 fully saturated rings. The quantitative estimate of drug-likeness (QED) is 0.357. The van der Waals surface area contributed by atoms with Crippen molar-refractivity contribution in [2.24, 2.45) is 10.9 Å². The first-order valence-electron chi connectivity index (χ1n) is 5.87. The van der Waals surface area contributed by atoms with E-state index in [1.807, 2.05) is 18.7 Å². The highest BCUT2D eigenvalue weighted by molar-refractivity contribution is 7.99. The smallest absolute Gasteiger partial charge is 0.226 e. The molecule has 0 aliphatic carbocycles. The molecule has 1 aliphatic rings. The van der Waals surface area contributed by atoms with E-state index in [1.54, 1.807) is 6.07 Å². The van der Waals surface area contributed by atoms with Crippen molar-refractivity contribution in [3.05, 3.63) is 17.5 Å². The molecule has 0 bridgehead atoms. The minimum Gasteiger partial charge on any atom is -0.409 e. The number of aromatic nitrogens is 2. The molecule has 2 heterocycles. The summed E-state index contributed by atoms with van der Waals surface area (Å²) in [5, 5.41) is 11.7. The Morgan fingerprint density at radius 1 is 1.44 bits per heavy atom. The van der Waals surface area contributed by atoms with Crippen LogP contribution in [0.4, 0.5) is 5.95 Å². The molecule has 0 atom stereocenters. The maximum atomic E-state index is 8.71. The van der Waals surface area contributed by atoms with Crippen LogP contribution in [0, 0.1) is 6.92 Å². The highest BCUT2D eigenvalue weighted by Crippen LogP contribution is 2.16. The van der Waals surface area contributed by atoms with Gasteiger partial charge in [0.05, 0.1) is 0 Å². The van der Waals surface area contributed by atoms with E-state index in [1.165, 1.54) is 5.75 Å². The summed E-state index contributed by atoms with van der Waals surface area (Å²) in [6.07, 6.45) is 1.13. The van der Waals surface area contributed by atoms with Crippen LogP contribution in [-0.2, 0) is 0 Å². The summed E-state index contributed by atoms with van der Waals surface area (Å²) in [6, 6.07) is 1.71. The van der Waals surface area contributed by atoms with Gasteiger partial charge in [-0.15, -0.1) is 0 Å². The Bertz CT molecular complexity index is 443. The first-order valence-corrected chi connectivity index (χ1v) is 7.02. The van der Waals surface area contributed by atoms with Crippen LogP contribution in [0.5, 0.6) is 0 Å². The Morgan fingerprint density at radius 2 is 2.28 bits per heavy atom. The molecule has 0 radical (unpaired) electrons. The molecule has 0 saturated carbocycles. The van der Waals surface area contributed by atoms with E-state index in [0.717, 1.165) is 31.0 Å². The molecule has 1 saturated heterocycles. The van der Waals surface area contributed by atoms with E-state index in [4.69, 9.17) is 10.9 Å². The molecule has 1 aliphatic heterocycles. The second kappa shape index (κ2) is 5.90. The van der Waals surface area contributed by atoms with Crippen LogP contribution in [0.1, 0.15) is 17.8 Å². The van der Waals surface area contributed by atoms with Crippen LogP contribution in [0.15, 0.2) is 11.2 Å². The second-order valence-electron chi connectivity index (χ2n) is 4.13. The molecule has 3 N–H and O–H groups in total. The third kappa shape index (κ3) is 3.04. The van der Waals surface area contributed by atoms with Crippen LogP contribution in [-0.4, -0.2) is 45.6 Å². The van der Waals surface area contributed by atoms with Gasteiger partial charge in [-0.1, -0.05) is 5.16 Å². The summed E-state index contributed by atoms with van der Waals surface area (Å²) < 4.78 is 0.